The average Bonchev–Trinajstić information content (AvgIpc) is 2.87. The molecule has 0 aliphatic rings. The molecule has 0 spiro atoms. The Labute approximate surface area is 116 Å². The van der Waals surface area contributed by atoms with Crippen LogP contribution in [0.15, 0.2) is 18.5 Å². The van der Waals surface area contributed by atoms with Gasteiger partial charge in [0, 0.05) is 39.6 Å². The van der Waals surface area contributed by atoms with Crippen molar-refractivity contribution < 1.29 is 0 Å². The molecule has 0 aliphatic heterocycles. The van der Waals surface area contributed by atoms with E-state index in [1.165, 1.54) is 0 Å². The molecule has 0 radical (unpaired) electrons. The number of anilines is 2. The van der Waals surface area contributed by atoms with E-state index in [0.717, 1.165) is 19.5 Å². The minimum absolute atomic E-state index is 0.188. The van der Waals surface area contributed by atoms with Gasteiger partial charge in [-0.25, -0.2) is 0 Å². The van der Waals surface area contributed by atoms with Gasteiger partial charge >= 0.3 is 0 Å². The molecule has 0 fully saturated rings. The largest absolute Gasteiger partial charge is 0.354 e. The molecule has 2 rings (SSSR count). The lowest BCUT2D eigenvalue weighted by Crippen LogP contribution is -2.16. The highest BCUT2D eigenvalue weighted by atomic mass is 35.5. The molecule has 0 atom stereocenters. The van der Waals surface area contributed by atoms with Crippen molar-refractivity contribution in [3.05, 3.63) is 23.7 Å². The monoisotopic (exact) mass is 281 g/mol. The molecule has 0 saturated heterocycles. The molecule has 0 unspecified atom stereocenters. The first kappa shape index (κ1) is 13.5. The normalized spacial score (nSPS) is 10.5. The van der Waals surface area contributed by atoms with Gasteiger partial charge in [0.1, 0.15) is 0 Å². The van der Waals surface area contributed by atoms with Crippen molar-refractivity contribution in [1.29, 1.82) is 0 Å². The van der Waals surface area contributed by atoms with Gasteiger partial charge < -0.3 is 10.2 Å². The molecular weight excluding hydrogens is 266 g/mol. The lowest BCUT2D eigenvalue weighted by atomic mass is 10.4. The second-order valence-corrected chi connectivity index (χ2v) is 4.51. The van der Waals surface area contributed by atoms with Crippen molar-refractivity contribution in [2.75, 3.05) is 30.9 Å². The number of nitrogens with zero attached hydrogens (tertiary/aromatic N) is 6. The summed E-state index contributed by atoms with van der Waals surface area (Å²) in [6.07, 6.45) is 4.62. The van der Waals surface area contributed by atoms with Gasteiger partial charge in [0.05, 0.1) is 0 Å². The van der Waals surface area contributed by atoms with Crippen molar-refractivity contribution in [1.82, 2.24) is 24.7 Å². The van der Waals surface area contributed by atoms with E-state index >= 15 is 0 Å². The summed E-state index contributed by atoms with van der Waals surface area (Å²) in [4.78, 5) is 14.1. The summed E-state index contributed by atoms with van der Waals surface area (Å²) in [6.45, 7) is 1.59. The van der Waals surface area contributed by atoms with Crippen LogP contribution in [0, 0.1) is 0 Å². The molecule has 0 bridgehead atoms. The Hall–Kier alpha value is -1.89. The fraction of sp³-hybridized carbons (Fsp3) is 0.455. The van der Waals surface area contributed by atoms with E-state index in [2.05, 4.69) is 25.4 Å². The molecule has 19 heavy (non-hydrogen) atoms. The van der Waals surface area contributed by atoms with Crippen LogP contribution >= 0.6 is 11.6 Å². The minimum atomic E-state index is 0.188. The van der Waals surface area contributed by atoms with E-state index in [0.29, 0.717) is 11.9 Å². The summed E-state index contributed by atoms with van der Waals surface area (Å²) in [7, 11) is 3.71. The van der Waals surface area contributed by atoms with Gasteiger partial charge in [-0.3, -0.25) is 4.68 Å². The van der Waals surface area contributed by atoms with Crippen LogP contribution in [0.3, 0.4) is 0 Å². The summed E-state index contributed by atoms with van der Waals surface area (Å²) in [5.74, 6) is 1.03. The molecule has 7 nitrogen and oxygen atoms in total. The molecule has 2 heterocycles. The number of hydrogen-bond donors (Lipinski definition) is 1. The van der Waals surface area contributed by atoms with Crippen molar-refractivity contribution in [2.45, 2.75) is 13.0 Å². The fourth-order valence-electron chi connectivity index (χ4n) is 1.49. The van der Waals surface area contributed by atoms with Crippen molar-refractivity contribution >= 4 is 23.5 Å². The SMILES string of the molecule is CN(C)c1nc(Cl)nc(NCCCn2cccn2)n1. The predicted molar refractivity (Wildman–Crippen MR) is 74.5 cm³/mol. The molecule has 0 aliphatic carbocycles. The van der Waals surface area contributed by atoms with Crippen molar-refractivity contribution in [3.8, 4) is 0 Å². The third-order valence-corrected chi connectivity index (χ3v) is 2.57. The number of aromatic nitrogens is 5. The second-order valence-electron chi connectivity index (χ2n) is 4.17. The van der Waals surface area contributed by atoms with E-state index in [1.54, 1.807) is 11.1 Å². The Morgan fingerprint density at radius 3 is 2.84 bits per heavy atom. The molecule has 0 aromatic carbocycles. The van der Waals surface area contributed by atoms with Crippen LogP contribution in [-0.4, -0.2) is 45.4 Å². The van der Waals surface area contributed by atoms with E-state index < -0.39 is 0 Å². The van der Waals surface area contributed by atoms with Crippen molar-refractivity contribution in [2.24, 2.45) is 0 Å². The summed E-state index contributed by atoms with van der Waals surface area (Å²) in [6, 6.07) is 1.91. The molecule has 102 valence electrons. The topological polar surface area (TPSA) is 71.8 Å². The Kier molecular flexibility index (Phi) is 4.51. The zero-order valence-corrected chi connectivity index (χ0v) is 11.7. The van der Waals surface area contributed by atoms with Gasteiger partial charge in [-0.05, 0) is 24.1 Å². The zero-order valence-electron chi connectivity index (χ0n) is 10.9. The van der Waals surface area contributed by atoms with E-state index in [1.807, 2.05) is 31.0 Å². The Morgan fingerprint density at radius 1 is 1.32 bits per heavy atom. The van der Waals surface area contributed by atoms with E-state index in [-0.39, 0.29) is 5.28 Å². The minimum Gasteiger partial charge on any atom is -0.354 e. The van der Waals surface area contributed by atoms with Crippen molar-refractivity contribution in [3.63, 3.8) is 0 Å². The smallest absolute Gasteiger partial charge is 0.230 e. The van der Waals surface area contributed by atoms with Crippen LogP contribution in [0.1, 0.15) is 6.42 Å². The standard InChI is InChI=1S/C11H16ClN7/c1-18(2)11-16-9(12)15-10(17-11)13-5-3-7-19-8-4-6-14-19/h4,6,8H,3,5,7H2,1-2H3,(H,13,15,16,17). The van der Waals surface area contributed by atoms with Gasteiger partial charge in [0.25, 0.3) is 0 Å². The highest BCUT2D eigenvalue weighted by molar-refractivity contribution is 6.28. The molecule has 8 heteroatoms. The third-order valence-electron chi connectivity index (χ3n) is 2.40. The predicted octanol–water partition coefficient (Wildman–Crippen LogP) is 1.29. The summed E-state index contributed by atoms with van der Waals surface area (Å²) >= 11 is 5.85. The number of halogens is 1. The van der Waals surface area contributed by atoms with Gasteiger partial charge in [0.2, 0.25) is 17.2 Å². The number of nitrogens with one attached hydrogen (secondary N) is 1. The molecule has 2 aromatic rings. The van der Waals surface area contributed by atoms with Crippen LogP contribution < -0.4 is 10.2 Å². The zero-order chi connectivity index (χ0) is 13.7. The van der Waals surface area contributed by atoms with Crippen LogP contribution in [-0.2, 0) is 6.54 Å². The number of rotatable bonds is 6. The third kappa shape index (κ3) is 4.06. The van der Waals surface area contributed by atoms with Gasteiger partial charge in [0.15, 0.2) is 0 Å². The van der Waals surface area contributed by atoms with E-state index in [9.17, 15) is 0 Å². The Morgan fingerprint density at radius 2 is 2.16 bits per heavy atom. The maximum Gasteiger partial charge on any atom is 0.230 e. The molecule has 2 aromatic heterocycles. The summed E-state index contributed by atoms with van der Waals surface area (Å²) in [5, 5.41) is 7.45. The number of hydrogen-bond acceptors (Lipinski definition) is 6. The lowest BCUT2D eigenvalue weighted by molar-refractivity contribution is 0.591. The lowest BCUT2D eigenvalue weighted by Gasteiger charge is -2.11. The average molecular weight is 282 g/mol. The first-order chi connectivity index (χ1) is 9.15. The molecule has 1 N–H and O–H groups in total. The highest BCUT2D eigenvalue weighted by Crippen LogP contribution is 2.11. The molecule has 0 saturated carbocycles. The number of aryl methyl sites for hydroxylation is 1. The fourth-order valence-corrected chi connectivity index (χ4v) is 1.65. The van der Waals surface area contributed by atoms with Crippen LogP contribution in [0.5, 0.6) is 0 Å². The highest BCUT2D eigenvalue weighted by Gasteiger charge is 2.05. The van der Waals surface area contributed by atoms with Gasteiger partial charge in [-0.15, -0.1) is 0 Å². The quantitative estimate of drug-likeness (QED) is 0.805. The Bertz CT molecular complexity index is 512. The van der Waals surface area contributed by atoms with Crippen LogP contribution in [0.4, 0.5) is 11.9 Å². The van der Waals surface area contributed by atoms with Gasteiger partial charge in [-0.2, -0.15) is 20.1 Å². The Balaban J connectivity index is 1.85. The van der Waals surface area contributed by atoms with Crippen LogP contribution in [0.25, 0.3) is 0 Å². The maximum atomic E-state index is 5.85. The summed E-state index contributed by atoms with van der Waals surface area (Å²) in [5.41, 5.74) is 0. The molecule has 0 amide bonds. The van der Waals surface area contributed by atoms with E-state index in [4.69, 9.17) is 11.6 Å². The van der Waals surface area contributed by atoms with Gasteiger partial charge in [-0.1, -0.05) is 0 Å². The van der Waals surface area contributed by atoms with Crippen LogP contribution in [0.2, 0.25) is 5.28 Å². The second kappa shape index (κ2) is 6.33. The summed E-state index contributed by atoms with van der Waals surface area (Å²) < 4.78 is 1.88. The molecular formula is C11H16ClN7. The first-order valence-electron chi connectivity index (χ1n) is 5.95. The maximum absolute atomic E-state index is 5.85. The first-order valence-corrected chi connectivity index (χ1v) is 6.33.